The van der Waals surface area contributed by atoms with Crippen LogP contribution in [0.2, 0.25) is 0 Å². The Labute approximate surface area is 126 Å². The summed E-state index contributed by atoms with van der Waals surface area (Å²) in [5, 5.41) is 13.2. The summed E-state index contributed by atoms with van der Waals surface area (Å²) in [6.07, 6.45) is 5.78. The highest BCUT2D eigenvalue weighted by molar-refractivity contribution is 5.19. The van der Waals surface area contributed by atoms with Gasteiger partial charge in [-0.1, -0.05) is 31.4 Å². The van der Waals surface area contributed by atoms with E-state index in [-0.39, 0.29) is 11.9 Å². The average Bonchev–Trinajstić information content (AvgIpc) is 2.51. The van der Waals surface area contributed by atoms with Crippen LogP contribution in [0.25, 0.3) is 0 Å². The van der Waals surface area contributed by atoms with Crippen molar-refractivity contribution in [1.82, 2.24) is 5.32 Å². The molecule has 1 saturated carbocycles. The van der Waals surface area contributed by atoms with Crippen molar-refractivity contribution in [2.24, 2.45) is 0 Å². The van der Waals surface area contributed by atoms with Crippen LogP contribution in [-0.2, 0) is 4.74 Å². The predicted molar refractivity (Wildman–Crippen MR) is 81.6 cm³/mol. The van der Waals surface area contributed by atoms with Crippen molar-refractivity contribution in [3.8, 4) is 0 Å². The highest BCUT2D eigenvalue weighted by atomic mass is 19.1. The van der Waals surface area contributed by atoms with Crippen molar-refractivity contribution in [3.63, 3.8) is 0 Å². The molecule has 0 bridgehead atoms. The minimum absolute atomic E-state index is 0.00466. The van der Waals surface area contributed by atoms with Crippen molar-refractivity contribution in [2.45, 2.75) is 57.3 Å². The number of aliphatic hydroxyl groups is 1. The molecular formula is C17H26FNO2. The van der Waals surface area contributed by atoms with Crippen molar-refractivity contribution in [1.29, 1.82) is 0 Å². The van der Waals surface area contributed by atoms with E-state index in [1.54, 1.807) is 6.07 Å². The van der Waals surface area contributed by atoms with Crippen LogP contribution in [0.5, 0.6) is 0 Å². The fourth-order valence-electron chi connectivity index (χ4n) is 2.74. The number of nitrogens with one attached hydrogen (secondary N) is 1. The lowest BCUT2D eigenvalue weighted by Gasteiger charge is -2.24. The number of ether oxygens (including phenoxy) is 1. The molecule has 118 valence electrons. The van der Waals surface area contributed by atoms with Crippen LogP contribution in [-0.4, -0.2) is 30.5 Å². The van der Waals surface area contributed by atoms with Gasteiger partial charge in [0.25, 0.3) is 0 Å². The van der Waals surface area contributed by atoms with Crippen LogP contribution in [0.4, 0.5) is 4.39 Å². The molecule has 21 heavy (non-hydrogen) atoms. The van der Waals surface area contributed by atoms with Crippen LogP contribution in [0, 0.1) is 5.82 Å². The third-order valence-corrected chi connectivity index (χ3v) is 4.08. The molecule has 0 radical (unpaired) electrons. The number of halogens is 1. The summed E-state index contributed by atoms with van der Waals surface area (Å²) in [6, 6.07) is 6.54. The molecule has 1 aromatic carbocycles. The molecule has 2 atom stereocenters. The van der Waals surface area contributed by atoms with Gasteiger partial charge in [0, 0.05) is 12.6 Å². The Kier molecular flexibility index (Phi) is 6.61. The average molecular weight is 295 g/mol. The van der Waals surface area contributed by atoms with E-state index in [1.807, 2.05) is 13.0 Å². The van der Waals surface area contributed by atoms with Gasteiger partial charge in [0.05, 0.1) is 18.8 Å². The molecule has 1 aromatic rings. The quantitative estimate of drug-likeness (QED) is 0.812. The van der Waals surface area contributed by atoms with Crippen LogP contribution in [0.15, 0.2) is 24.3 Å². The Morgan fingerprint density at radius 3 is 2.81 bits per heavy atom. The van der Waals surface area contributed by atoms with E-state index in [9.17, 15) is 9.50 Å². The summed E-state index contributed by atoms with van der Waals surface area (Å²) >= 11 is 0. The van der Waals surface area contributed by atoms with Crippen molar-refractivity contribution < 1.29 is 14.2 Å². The fourth-order valence-corrected chi connectivity index (χ4v) is 2.74. The minimum Gasteiger partial charge on any atom is -0.389 e. The van der Waals surface area contributed by atoms with Gasteiger partial charge in [0.15, 0.2) is 0 Å². The molecule has 3 nitrogen and oxygen atoms in total. The van der Waals surface area contributed by atoms with Gasteiger partial charge in [-0.25, -0.2) is 4.39 Å². The predicted octanol–water partition coefficient (Wildman–Crippen LogP) is 3.19. The smallest absolute Gasteiger partial charge is 0.123 e. The topological polar surface area (TPSA) is 41.5 Å². The zero-order valence-electron chi connectivity index (χ0n) is 12.7. The maximum atomic E-state index is 13.2. The van der Waals surface area contributed by atoms with E-state index in [1.165, 1.54) is 31.4 Å². The van der Waals surface area contributed by atoms with Gasteiger partial charge in [0.1, 0.15) is 5.82 Å². The normalized spacial score (nSPS) is 19.4. The molecule has 2 N–H and O–H groups in total. The summed E-state index contributed by atoms with van der Waals surface area (Å²) in [6.45, 7) is 2.78. The van der Waals surface area contributed by atoms with Crippen LogP contribution in [0.3, 0.4) is 0 Å². The lowest BCUT2D eigenvalue weighted by atomic mass is 9.98. The van der Waals surface area contributed by atoms with E-state index in [4.69, 9.17) is 4.74 Å². The molecule has 1 fully saturated rings. The number of hydrogen-bond donors (Lipinski definition) is 2. The third-order valence-electron chi connectivity index (χ3n) is 4.08. The number of benzene rings is 1. The maximum absolute atomic E-state index is 13.2. The van der Waals surface area contributed by atoms with E-state index in [0.29, 0.717) is 19.3 Å². The molecule has 1 aliphatic carbocycles. The third kappa shape index (κ3) is 5.73. The number of aliphatic hydroxyl groups excluding tert-OH is 1. The molecule has 0 spiro atoms. The van der Waals surface area contributed by atoms with Crippen molar-refractivity contribution in [3.05, 3.63) is 35.6 Å². The van der Waals surface area contributed by atoms with Crippen LogP contribution >= 0.6 is 0 Å². The Morgan fingerprint density at radius 1 is 1.33 bits per heavy atom. The first kappa shape index (κ1) is 16.4. The largest absolute Gasteiger partial charge is 0.389 e. The lowest BCUT2D eigenvalue weighted by molar-refractivity contribution is -0.0235. The van der Waals surface area contributed by atoms with Gasteiger partial charge in [0.2, 0.25) is 0 Å². The number of rotatable bonds is 7. The van der Waals surface area contributed by atoms with E-state index in [0.717, 1.165) is 18.4 Å². The first-order valence-corrected chi connectivity index (χ1v) is 7.93. The first-order chi connectivity index (χ1) is 10.1. The van der Waals surface area contributed by atoms with Crippen LogP contribution in [0.1, 0.15) is 50.6 Å². The standard InChI is InChI=1S/C17H26FNO2/c1-13(14-6-5-7-15(18)10-14)19-11-16(20)12-21-17-8-3-2-4-9-17/h5-7,10,13,16-17,19-20H,2-4,8-9,11-12H2,1H3/t13-,16?/m1/s1. The molecule has 1 aliphatic rings. The lowest BCUT2D eigenvalue weighted by Crippen LogP contribution is -2.33. The highest BCUT2D eigenvalue weighted by Gasteiger charge is 2.16. The second kappa shape index (κ2) is 8.47. The molecule has 4 heteroatoms. The molecule has 0 amide bonds. The molecule has 0 aromatic heterocycles. The van der Waals surface area contributed by atoms with Gasteiger partial charge < -0.3 is 15.2 Å². The van der Waals surface area contributed by atoms with Gasteiger partial charge >= 0.3 is 0 Å². The second-order valence-corrected chi connectivity index (χ2v) is 5.93. The summed E-state index contributed by atoms with van der Waals surface area (Å²) in [5.74, 6) is -0.234. The Balaban J connectivity index is 1.67. The molecule has 0 heterocycles. The molecule has 0 saturated heterocycles. The first-order valence-electron chi connectivity index (χ1n) is 7.93. The second-order valence-electron chi connectivity index (χ2n) is 5.93. The van der Waals surface area contributed by atoms with Crippen molar-refractivity contribution in [2.75, 3.05) is 13.2 Å². The summed E-state index contributed by atoms with van der Waals surface area (Å²) in [7, 11) is 0. The maximum Gasteiger partial charge on any atom is 0.123 e. The van der Waals surface area contributed by atoms with Gasteiger partial charge in [-0.3, -0.25) is 0 Å². The van der Waals surface area contributed by atoms with Crippen LogP contribution < -0.4 is 5.32 Å². The molecule has 0 aliphatic heterocycles. The minimum atomic E-state index is -0.525. The van der Waals surface area contributed by atoms with E-state index >= 15 is 0 Å². The fraction of sp³-hybridized carbons (Fsp3) is 0.647. The molecule has 2 rings (SSSR count). The van der Waals surface area contributed by atoms with Gasteiger partial charge in [-0.05, 0) is 37.5 Å². The highest BCUT2D eigenvalue weighted by Crippen LogP contribution is 2.20. The summed E-state index contributed by atoms with van der Waals surface area (Å²) < 4.78 is 18.9. The summed E-state index contributed by atoms with van der Waals surface area (Å²) in [5.41, 5.74) is 0.885. The van der Waals surface area contributed by atoms with Gasteiger partial charge in [-0.2, -0.15) is 0 Å². The zero-order valence-corrected chi connectivity index (χ0v) is 12.7. The Bertz CT molecular complexity index is 421. The Morgan fingerprint density at radius 2 is 2.10 bits per heavy atom. The monoisotopic (exact) mass is 295 g/mol. The van der Waals surface area contributed by atoms with E-state index < -0.39 is 6.10 Å². The van der Waals surface area contributed by atoms with Crippen molar-refractivity contribution >= 4 is 0 Å². The number of hydrogen-bond acceptors (Lipinski definition) is 3. The van der Waals surface area contributed by atoms with E-state index in [2.05, 4.69) is 5.32 Å². The Hall–Kier alpha value is -0.970. The zero-order chi connectivity index (χ0) is 15.1. The molecular weight excluding hydrogens is 269 g/mol. The van der Waals surface area contributed by atoms with Gasteiger partial charge in [-0.15, -0.1) is 0 Å². The summed E-state index contributed by atoms with van der Waals surface area (Å²) in [4.78, 5) is 0. The SMILES string of the molecule is C[C@@H](NCC(O)COC1CCCCC1)c1cccc(F)c1. The molecule has 1 unspecified atom stereocenters.